The van der Waals surface area contributed by atoms with E-state index in [1.54, 1.807) is 0 Å². The monoisotopic (exact) mass is 198 g/mol. The third kappa shape index (κ3) is 8.27. The molecule has 0 aliphatic rings. The van der Waals surface area contributed by atoms with Gasteiger partial charge in [0.2, 0.25) is 0 Å². The number of hydrogen-bond acceptors (Lipinski definition) is 2. The van der Waals surface area contributed by atoms with Crippen molar-refractivity contribution in [2.75, 3.05) is 33.2 Å². The van der Waals surface area contributed by atoms with Crippen molar-refractivity contribution in [2.24, 2.45) is 0 Å². The first kappa shape index (κ1) is 13.7. The van der Waals surface area contributed by atoms with Crippen molar-refractivity contribution in [3.8, 4) is 0 Å². The Kier molecular flexibility index (Phi) is 10.5. The maximum absolute atomic E-state index is 3.77. The third-order valence-electron chi connectivity index (χ3n) is 2.49. The van der Waals surface area contributed by atoms with Crippen molar-refractivity contribution in [2.45, 2.75) is 32.6 Å². The molecule has 0 saturated heterocycles. The molecule has 2 nitrogen and oxygen atoms in total. The summed E-state index contributed by atoms with van der Waals surface area (Å²) in [7, 11) is 2.02. The van der Waals surface area contributed by atoms with Crippen LogP contribution < -0.4 is 5.32 Å². The molecule has 0 radical (unpaired) electrons. The molecule has 0 rings (SSSR count). The standard InChI is InChI=1S/C12H26N2/c1-4-11-14(5-2)12-9-7-6-8-10-13-3/h4,13H,1,5-12H2,2-3H3. The average molecular weight is 198 g/mol. The number of nitrogens with zero attached hydrogens (tertiary/aromatic N) is 1. The van der Waals surface area contributed by atoms with Gasteiger partial charge in [0.25, 0.3) is 0 Å². The molecule has 0 bridgehead atoms. The third-order valence-corrected chi connectivity index (χ3v) is 2.49. The van der Waals surface area contributed by atoms with E-state index in [9.17, 15) is 0 Å². The summed E-state index contributed by atoms with van der Waals surface area (Å²) in [4.78, 5) is 2.44. The average Bonchev–Trinajstić information content (AvgIpc) is 2.21. The van der Waals surface area contributed by atoms with Crippen molar-refractivity contribution in [1.82, 2.24) is 10.2 Å². The Bertz CT molecular complexity index is 123. The summed E-state index contributed by atoms with van der Waals surface area (Å²) < 4.78 is 0. The molecule has 0 fully saturated rings. The Hall–Kier alpha value is -0.340. The maximum atomic E-state index is 3.77. The Balaban J connectivity index is 3.19. The van der Waals surface area contributed by atoms with Crippen LogP contribution in [0.15, 0.2) is 12.7 Å². The van der Waals surface area contributed by atoms with E-state index in [-0.39, 0.29) is 0 Å². The smallest absolute Gasteiger partial charge is 0.0160 e. The fourth-order valence-corrected chi connectivity index (χ4v) is 1.55. The van der Waals surface area contributed by atoms with Gasteiger partial charge < -0.3 is 5.32 Å². The molecule has 0 heterocycles. The first-order chi connectivity index (χ1) is 6.85. The number of nitrogens with one attached hydrogen (secondary N) is 1. The second-order valence-corrected chi connectivity index (χ2v) is 3.70. The summed E-state index contributed by atoms with van der Waals surface area (Å²) in [5, 5.41) is 3.18. The zero-order valence-electron chi connectivity index (χ0n) is 9.89. The topological polar surface area (TPSA) is 15.3 Å². The lowest BCUT2D eigenvalue weighted by molar-refractivity contribution is 0.309. The Morgan fingerprint density at radius 1 is 1.21 bits per heavy atom. The number of hydrogen-bond donors (Lipinski definition) is 1. The van der Waals surface area contributed by atoms with Crippen LogP contribution in [-0.4, -0.2) is 38.1 Å². The van der Waals surface area contributed by atoms with Gasteiger partial charge in [-0.2, -0.15) is 0 Å². The lowest BCUT2D eigenvalue weighted by Crippen LogP contribution is -2.24. The van der Waals surface area contributed by atoms with Crippen LogP contribution in [0.1, 0.15) is 32.6 Å². The zero-order valence-corrected chi connectivity index (χ0v) is 9.89. The van der Waals surface area contributed by atoms with Crippen molar-refractivity contribution in [1.29, 1.82) is 0 Å². The van der Waals surface area contributed by atoms with E-state index >= 15 is 0 Å². The van der Waals surface area contributed by atoms with Crippen molar-refractivity contribution < 1.29 is 0 Å². The predicted octanol–water partition coefficient (Wildman–Crippen LogP) is 2.27. The van der Waals surface area contributed by atoms with Gasteiger partial charge in [-0.3, -0.25) is 4.90 Å². The Labute approximate surface area is 89.4 Å². The summed E-state index contributed by atoms with van der Waals surface area (Å²) in [5.74, 6) is 0. The fourth-order valence-electron chi connectivity index (χ4n) is 1.55. The summed E-state index contributed by atoms with van der Waals surface area (Å²) in [6.45, 7) is 10.5. The molecular weight excluding hydrogens is 172 g/mol. The van der Waals surface area contributed by atoms with Gasteiger partial charge in [-0.15, -0.1) is 6.58 Å². The van der Waals surface area contributed by atoms with Gasteiger partial charge in [0.05, 0.1) is 0 Å². The van der Waals surface area contributed by atoms with E-state index in [1.807, 2.05) is 13.1 Å². The molecule has 0 aromatic rings. The molecule has 0 aromatic carbocycles. The highest BCUT2D eigenvalue weighted by Gasteiger charge is 1.98. The van der Waals surface area contributed by atoms with Gasteiger partial charge in [-0.1, -0.05) is 25.8 Å². The van der Waals surface area contributed by atoms with Crippen molar-refractivity contribution in [3.05, 3.63) is 12.7 Å². The first-order valence-corrected chi connectivity index (χ1v) is 5.83. The number of likely N-dealkylation sites (N-methyl/N-ethyl adjacent to an activating group) is 1. The largest absolute Gasteiger partial charge is 0.320 e. The maximum Gasteiger partial charge on any atom is 0.0160 e. The van der Waals surface area contributed by atoms with Gasteiger partial charge >= 0.3 is 0 Å². The summed E-state index contributed by atoms with van der Waals surface area (Å²) >= 11 is 0. The molecule has 0 atom stereocenters. The van der Waals surface area contributed by atoms with Crippen LogP contribution in [0.25, 0.3) is 0 Å². The van der Waals surface area contributed by atoms with E-state index < -0.39 is 0 Å². The molecule has 0 aliphatic carbocycles. The van der Waals surface area contributed by atoms with Crippen molar-refractivity contribution in [3.63, 3.8) is 0 Å². The molecule has 84 valence electrons. The lowest BCUT2D eigenvalue weighted by atomic mass is 10.2. The van der Waals surface area contributed by atoms with Gasteiger partial charge in [0, 0.05) is 6.54 Å². The van der Waals surface area contributed by atoms with Gasteiger partial charge in [0.15, 0.2) is 0 Å². The van der Waals surface area contributed by atoms with Crippen LogP contribution >= 0.6 is 0 Å². The van der Waals surface area contributed by atoms with E-state index in [0.717, 1.165) is 19.6 Å². The van der Waals surface area contributed by atoms with Crippen LogP contribution in [0.5, 0.6) is 0 Å². The summed E-state index contributed by atoms with van der Waals surface area (Å²) in [6, 6.07) is 0. The molecule has 0 unspecified atom stereocenters. The highest BCUT2D eigenvalue weighted by molar-refractivity contribution is 4.72. The highest BCUT2D eigenvalue weighted by Crippen LogP contribution is 2.01. The van der Waals surface area contributed by atoms with E-state index in [2.05, 4.69) is 23.7 Å². The quantitative estimate of drug-likeness (QED) is 0.428. The Morgan fingerprint density at radius 2 is 1.93 bits per heavy atom. The zero-order chi connectivity index (χ0) is 10.6. The van der Waals surface area contributed by atoms with E-state index in [1.165, 1.54) is 32.2 Å². The normalized spacial score (nSPS) is 10.8. The van der Waals surface area contributed by atoms with Crippen molar-refractivity contribution >= 4 is 0 Å². The lowest BCUT2D eigenvalue weighted by Gasteiger charge is -2.17. The van der Waals surface area contributed by atoms with Gasteiger partial charge in [-0.05, 0) is 39.5 Å². The Morgan fingerprint density at radius 3 is 2.50 bits per heavy atom. The van der Waals surface area contributed by atoms with Crippen LogP contribution in [0.3, 0.4) is 0 Å². The first-order valence-electron chi connectivity index (χ1n) is 5.83. The molecular formula is C12H26N2. The number of rotatable bonds is 10. The fraction of sp³-hybridized carbons (Fsp3) is 0.833. The SMILES string of the molecule is C=CCN(CC)CCCCCCNC. The van der Waals surface area contributed by atoms with Crippen LogP contribution in [0.4, 0.5) is 0 Å². The van der Waals surface area contributed by atoms with Gasteiger partial charge in [0.1, 0.15) is 0 Å². The van der Waals surface area contributed by atoms with E-state index in [0.29, 0.717) is 0 Å². The van der Waals surface area contributed by atoms with Gasteiger partial charge in [-0.25, -0.2) is 0 Å². The predicted molar refractivity (Wildman–Crippen MR) is 64.7 cm³/mol. The molecule has 1 N–H and O–H groups in total. The molecule has 14 heavy (non-hydrogen) atoms. The molecule has 0 aliphatic heterocycles. The van der Waals surface area contributed by atoms with Crippen LogP contribution in [0.2, 0.25) is 0 Å². The minimum Gasteiger partial charge on any atom is -0.320 e. The molecule has 0 spiro atoms. The van der Waals surface area contributed by atoms with Crippen LogP contribution in [-0.2, 0) is 0 Å². The minimum atomic E-state index is 1.03. The minimum absolute atomic E-state index is 1.03. The molecule has 0 amide bonds. The van der Waals surface area contributed by atoms with E-state index in [4.69, 9.17) is 0 Å². The van der Waals surface area contributed by atoms with Crippen LogP contribution in [0, 0.1) is 0 Å². The second-order valence-electron chi connectivity index (χ2n) is 3.70. The summed E-state index contributed by atoms with van der Waals surface area (Å²) in [6.07, 6.45) is 7.34. The number of unbranched alkanes of at least 4 members (excludes halogenated alkanes) is 3. The second kappa shape index (κ2) is 10.7. The highest BCUT2D eigenvalue weighted by atomic mass is 15.1. The summed E-state index contributed by atoms with van der Waals surface area (Å²) in [5.41, 5.74) is 0. The molecule has 0 saturated carbocycles. The molecule has 2 heteroatoms. The molecule has 0 aromatic heterocycles.